The lowest BCUT2D eigenvalue weighted by Crippen LogP contribution is -2.43. The Bertz CT molecular complexity index is 434. The molecule has 0 bridgehead atoms. The number of amides is 3. The van der Waals surface area contributed by atoms with E-state index in [0.29, 0.717) is 11.3 Å². The summed E-state index contributed by atoms with van der Waals surface area (Å²) in [6.45, 7) is 1.43. The van der Waals surface area contributed by atoms with Crippen LogP contribution in [0.3, 0.4) is 0 Å². The largest absolute Gasteiger partial charge is 0.481 e. The van der Waals surface area contributed by atoms with Gasteiger partial charge in [0, 0.05) is 7.05 Å². The Labute approximate surface area is 105 Å². The van der Waals surface area contributed by atoms with E-state index in [4.69, 9.17) is 9.84 Å². The molecule has 0 heterocycles. The Hall–Kier alpha value is -2.08. The molecule has 1 rings (SSSR count). The standard InChI is InChI=1S/C12H16N2O4/c1-8(11(16)14-12(17)13-2)18-10-5-3-4-9(6-10)7-15/h3-6,8,15H,7H2,1-2H3,(H2,13,14,16,17). The van der Waals surface area contributed by atoms with Crippen LogP contribution in [0.25, 0.3) is 0 Å². The van der Waals surface area contributed by atoms with Gasteiger partial charge in [0.05, 0.1) is 6.61 Å². The van der Waals surface area contributed by atoms with Crippen molar-refractivity contribution < 1.29 is 19.4 Å². The van der Waals surface area contributed by atoms with Gasteiger partial charge < -0.3 is 15.2 Å². The minimum Gasteiger partial charge on any atom is -0.481 e. The van der Waals surface area contributed by atoms with Gasteiger partial charge in [0.25, 0.3) is 5.91 Å². The topological polar surface area (TPSA) is 87.7 Å². The van der Waals surface area contributed by atoms with Crippen molar-refractivity contribution in [3.05, 3.63) is 29.8 Å². The van der Waals surface area contributed by atoms with Crippen molar-refractivity contribution in [2.75, 3.05) is 7.05 Å². The second-order valence-corrected chi connectivity index (χ2v) is 3.63. The van der Waals surface area contributed by atoms with E-state index in [0.717, 1.165) is 0 Å². The lowest BCUT2D eigenvalue weighted by molar-refractivity contribution is -0.126. The van der Waals surface area contributed by atoms with Crippen molar-refractivity contribution >= 4 is 11.9 Å². The van der Waals surface area contributed by atoms with Crippen LogP contribution in [-0.2, 0) is 11.4 Å². The summed E-state index contributed by atoms with van der Waals surface area (Å²) >= 11 is 0. The van der Waals surface area contributed by atoms with E-state index in [1.54, 1.807) is 24.3 Å². The molecule has 1 atom stereocenters. The number of imide groups is 1. The second kappa shape index (κ2) is 6.61. The van der Waals surface area contributed by atoms with Crippen LogP contribution in [0.1, 0.15) is 12.5 Å². The molecule has 0 fully saturated rings. The molecule has 3 amide bonds. The maximum absolute atomic E-state index is 11.5. The summed E-state index contributed by atoms with van der Waals surface area (Å²) in [7, 11) is 1.42. The number of nitrogens with one attached hydrogen (secondary N) is 2. The van der Waals surface area contributed by atoms with Crippen LogP contribution in [0, 0.1) is 0 Å². The molecule has 0 aliphatic heterocycles. The summed E-state index contributed by atoms with van der Waals surface area (Å²) in [5.41, 5.74) is 0.686. The molecular weight excluding hydrogens is 236 g/mol. The first-order valence-corrected chi connectivity index (χ1v) is 5.46. The molecule has 98 valence electrons. The zero-order valence-electron chi connectivity index (χ0n) is 10.3. The first-order chi connectivity index (χ1) is 8.56. The van der Waals surface area contributed by atoms with Crippen LogP contribution < -0.4 is 15.4 Å². The number of carbonyl (C=O) groups excluding carboxylic acids is 2. The zero-order chi connectivity index (χ0) is 13.5. The van der Waals surface area contributed by atoms with Gasteiger partial charge in [-0.3, -0.25) is 10.1 Å². The number of aliphatic hydroxyl groups is 1. The van der Waals surface area contributed by atoms with Crippen molar-refractivity contribution in [1.82, 2.24) is 10.6 Å². The highest BCUT2D eigenvalue weighted by Crippen LogP contribution is 2.14. The van der Waals surface area contributed by atoms with Crippen LogP contribution in [0.2, 0.25) is 0 Å². The van der Waals surface area contributed by atoms with Gasteiger partial charge in [-0.25, -0.2) is 4.79 Å². The molecule has 0 aromatic heterocycles. The lowest BCUT2D eigenvalue weighted by atomic mass is 10.2. The van der Waals surface area contributed by atoms with E-state index >= 15 is 0 Å². The van der Waals surface area contributed by atoms with Crippen LogP contribution >= 0.6 is 0 Å². The number of benzene rings is 1. The van der Waals surface area contributed by atoms with Gasteiger partial charge in [-0.1, -0.05) is 12.1 Å². The van der Waals surface area contributed by atoms with Gasteiger partial charge in [-0.2, -0.15) is 0 Å². The Morgan fingerprint density at radius 3 is 2.78 bits per heavy atom. The predicted octanol–water partition coefficient (Wildman–Crippen LogP) is 0.402. The van der Waals surface area contributed by atoms with E-state index in [1.807, 2.05) is 0 Å². The third-order valence-electron chi connectivity index (χ3n) is 2.23. The van der Waals surface area contributed by atoms with E-state index in [-0.39, 0.29) is 6.61 Å². The van der Waals surface area contributed by atoms with Gasteiger partial charge in [0.1, 0.15) is 5.75 Å². The van der Waals surface area contributed by atoms with Gasteiger partial charge >= 0.3 is 6.03 Å². The number of ether oxygens (including phenoxy) is 1. The van der Waals surface area contributed by atoms with Crippen molar-refractivity contribution in [3.8, 4) is 5.75 Å². The third kappa shape index (κ3) is 4.06. The first kappa shape index (κ1) is 14.0. The molecule has 0 spiro atoms. The summed E-state index contributed by atoms with van der Waals surface area (Å²) in [6, 6.07) is 6.17. The van der Waals surface area contributed by atoms with E-state index in [9.17, 15) is 9.59 Å². The summed E-state index contributed by atoms with van der Waals surface area (Å²) in [6.07, 6.45) is -0.809. The average Bonchev–Trinajstić information content (AvgIpc) is 2.38. The number of aliphatic hydroxyl groups excluding tert-OH is 1. The molecule has 0 saturated heterocycles. The van der Waals surface area contributed by atoms with Gasteiger partial charge in [-0.15, -0.1) is 0 Å². The zero-order valence-corrected chi connectivity index (χ0v) is 10.3. The third-order valence-corrected chi connectivity index (χ3v) is 2.23. The fourth-order valence-electron chi connectivity index (χ4n) is 1.25. The molecule has 18 heavy (non-hydrogen) atoms. The summed E-state index contributed by atoms with van der Waals surface area (Å²) in [4.78, 5) is 22.5. The molecule has 0 aliphatic rings. The number of hydrogen-bond donors (Lipinski definition) is 3. The van der Waals surface area contributed by atoms with Crippen LogP contribution in [0.5, 0.6) is 5.75 Å². The van der Waals surface area contributed by atoms with E-state index in [2.05, 4.69) is 10.6 Å². The Kier molecular flexibility index (Phi) is 5.13. The number of urea groups is 1. The molecule has 0 radical (unpaired) electrons. The fraction of sp³-hybridized carbons (Fsp3) is 0.333. The van der Waals surface area contributed by atoms with Gasteiger partial charge in [0.2, 0.25) is 0 Å². The summed E-state index contributed by atoms with van der Waals surface area (Å²) in [5, 5.41) is 13.4. The van der Waals surface area contributed by atoms with Gasteiger partial charge in [-0.05, 0) is 24.6 Å². The Balaban J connectivity index is 2.60. The second-order valence-electron chi connectivity index (χ2n) is 3.63. The number of carbonyl (C=O) groups is 2. The van der Waals surface area contributed by atoms with Crippen LogP contribution in [-0.4, -0.2) is 30.2 Å². The maximum atomic E-state index is 11.5. The van der Waals surface area contributed by atoms with Crippen molar-refractivity contribution in [1.29, 1.82) is 0 Å². The lowest BCUT2D eigenvalue weighted by Gasteiger charge is -2.14. The van der Waals surface area contributed by atoms with Crippen molar-refractivity contribution in [2.45, 2.75) is 19.6 Å². The van der Waals surface area contributed by atoms with Crippen molar-refractivity contribution in [3.63, 3.8) is 0 Å². The summed E-state index contributed by atoms with van der Waals surface area (Å²) < 4.78 is 5.36. The highest BCUT2D eigenvalue weighted by molar-refractivity contribution is 5.96. The average molecular weight is 252 g/mol. The van der Waals surface area contributed by atoms with Crippen LogP contribution in [0.4, 0.5) is 4.79 Å². The molecule has 1 aromatic carbocycles. The minimum absolute atomic E-state index is 0.101. The molecule has 6 heteroatoms. The SMILES string of the molecule is CNC(=O)NC(=O)C(C)Oc1cccc(CO)c1. The molecule has 3 N–H and O–H groups in total. The molecule has 0 aliphatic carbocycles. The predicted molar refractivity (Wildman–Crippen MR) is 65.1 cm³/mol. The molecule has 0 saturated carbocycles. The highest BCUT2D eigenvalue weighted by atomic mass is 16.5. The molecular formula is C12H16N2O4. The molecule has 6 nitrogen and oxygen atoms in total. The van der Waals surface area contributed by atoms with E-state index < -0.39 is 18.0 Å². The monoisotopic (exact) mass is 252 g/mol. The van der Waals surface area contributed by atoms with Crippen molar-refractivity contribution in [2.24, 2.45) is 0 Å². The first-order valence-electron chi connectivity index (χ1n) is 5.46. The number of hydrogen-bond acceptors (Lipinski definition) is 4. The highest BCUT2D eigenvalue weighted by Gasteiger charge is 2.16. The fourth-order valence-corrected chi connectivity index (χ4v) is 1.25. The quantitative estimate of drug-likeness (QED) is 0.724. The van der Waals surface area contributed by atoms with E-state index in [1.165, 1.54) is 14.0 Å². The van der Waals surface area contributed by atoms with Gasteiger partial charge in [0.15, 0.2) is 6.10 Å². The maximum Gasteiger partial charge on any atom is 0.321 e. The minimum atomic E-state index is -0.809. The smallest absolute Gasteiger partial charge is 0.321 e. The Morgan fingerprint density at radius 2 is 2.17 bits per heavy atom. The molecule has 1 unspecified atom stereocenters. The molecule has 1 aromatic rings. The Morgan fingerprint density at radius 1 is 1.44 bits per heavy atom. The number of rotatable bonds is 4. The van der Waals surface area contributed by atoms with Crippen LogP contribution in [0.15, 0.2) is 24.3 Å². The normalized spacial score (nSPS) is 11.5. The summed E-state index contributed by atoms with van der Waals surface area (Å²) in [5.74, 6) is -0.0788.